The van der Waals surface area contributed by atoms with Crippen LogP contribution in [0.4, 0.5) is 0 Å². The topological polar surface area (TPSA) is 47.4 Å². The standard InChI is InChI=1S/C23H26ClN3O2/c1-2-3-12-26-16-17(15-22(26)28)23-25-19-9-5-6-10-20(19)27(23)13-14-29-21-11-7-4-8-18(21)24/h4-11,17H,2-3,12-16H2,1H3. The largest absolute Gasteiger partial charge is 0.490 e. The van der Waals surface area contributed by atoms with E-state index in [9.17, 15) is 4.79 Å². The molecule has 0 spiro atoms. The third-order valence-electron chi connectivity index (χ3n) is 5.45. The van der Waals surface area contributed by atoms with Crippen LogP contribution >= 0.6 is 11.6 Å². The molecule has 1 unspecified atom stereocenters. The Hall–Kier alpha value is -2.53. The molecule has 1 saturated heterocycles. The summed E-state index contributed by atoms with van der Waals surface area (Å²) in [5, 5.41) is 0.608. The predicted molar refractivity (Wildman–Crippen MR) is 116 cm³/mol. The Kier molecular flexibility index (Phi) is 6.05. The molecular weight excluding hydrogens is 386 g/mol. The Morgan fingerprint density at radius 1 is 1.14 bits per heavy atom. The number of carbonyl (C=O) groups is 1. The van der Waals surface area contributed by atoms with E-state index in [1.54, 1.807) is 0 Å². The number of ether oxygens (including phenoxy) is 1. The smallest absolute Gasteiger partial charge is 0.223 e. The van der Waals surface area contributed by atoms with Gasteiger partial charge >= 0.3 is 0 Å². The second kappa shape index (κ2) is 8.87. The number of fused-ring (bicyclic) bond motifs is 1. The third-order valence-corrected chi connectivity index (χ3v) is 5.77. The molecule has 1 aliphatic rings. The predicted octanol–water partition coefficient (Wildman–Crippen LogP) is 4.88. The van der Waals surface area contributed by atoms with Gasteiger partial charge in [0.15, 0.2) is 0 Å². The number of imidazole rings is 1. The van der Waals surface area contributed by atoms with E-state index < -0.39 is 0 Å². The maximum atomic E-state index is 12.5. The van der Waals surface area contributed by atoms with Crippen LogP contribution in [0.1, 0.15) is 37.9 Å². The molecule has 1 aliphatic heterocycles. The molecule has 29 heavy (non-hydrogen) atoms. The zero-order valence-corrected chi connectivity index (χ0v) is 17.4. The van der Waals surface area contributed by atoms with Crippen LogP contribution in [-0.2, 0) is 11.3 Å². The number of nitrogens with zero attached hydrogens (tertiary/aromatic N) is 3. The summed E-state index contributed by atoms with van der Waals surface area (Å²) < 4.78 is 8.12. The zero-order chi connectivity index (χ0) is 20.2. The van der Waals surface area contributed by atoms with Gasteiger partial charge in [0.1, 0.15) is 18.2 Å². The number of para-hydroxylation sites is 3. The molecule has 2 aromatic carbocycles. The minimum atomic E-state index is 0.118. The van der Waals surface area contributed by atoms with Crippen molar-refractivity contribution in [3.05, 3.63) is 59.4 Å². The van der Waals surface area contributed by atoms with Crippen molar-refractivity contribution in [3.63, 3.8) is 0 Å². The van der Waals surface area contributed by atoms with Gasteiger partial charge < -0.3 is 14.2 Å². The summed E-state index contributed by atoms with van der Waals surface area (Å²) >= 11 is 6.20. The summed E-state index contributed by atoms with van der Waals surface area (Å²) in [6, 6.07) is 15.6. The number of amides is 1. The molecule has 3 aromatic rings. The number of aromatic nitrogens is 2. The summed E-state index contributed by atoms with van der Waals surface area (Å²) in [6.07, 6.45) is 2.66. The Bertz CT molecular complexity index is 1000. The van der Waals surface area contributed by atoms with Gasteiger partial charge in [0, 0.05) is 25.4 Å². The highest BCUT2D eigenvalue weighted by molar-refractivity contribution is 6.32. The first-order chi connectivity index (χ1) is 14.2. The molecule has 6 heteroatoms. The minimum Gasteiger partial charge on any atom is -0.490 e. The van der Waals surface area contributed by atoms with Crippen LogP contribution in [0, 0.1) is 0 Å². The highest BCUT2D eigenvalue weighted by Crippen LogP contribution is 2.31. The summed E-state index contributed by atoms with van der Waals surface area (Å²) in [5.41, 5.74) is 2.03. The quantitative estimate of drug-likeness (QED) is 0.530. The molecule has 0 bridgehead atoms. The van der Waals surface area contributed by atoms with E-state index >= 15 is 0 Å². The highest BCUT2D eigenvalue weighted by Gasteiger charge is 2.33. The number of rotatable bonds is 8. The van der Waals surface area contributed by atoms with E-state index in [4.69, 9.17) is 21.3 Å². The molecule has 5 nitrogen and oxygen atoms in total. The van der Waals surface area contributed by atoms with Gasteiger partial charge in [-0.2, -0.15) is 0 Å². The molecule has 1 atom stereocenters. The average Bonchev–Trinajstić information content (AvgIpc) is 3.28. The fourth-order valence-electron chi connectivity index (χ4n) is 3.96. The number of carbonyl (C=O) groups excluding carboxylic acids is 1. The number of halogens is 1. The number of unbranched alkanes of at least 4 members (excludes halogenated alkanes) is 1. The lowest BCUT2D eigenvalue weighted by Crippen LogP contribution is -2.26. The molecule has 2 heterocycles. The molecule has 1 fully saturated rings. The van der Waals surface area contributed by atoms with Gasteiger partial charge in [-0.1, -0.05) is 49.2 Å². The van der Waals surface area contributed by atoms with Gasteiger partial charge in [0.05, 0.1) is 22.6 Å². The summed E-state index contributed by atoms with van der Waals surface area (Å²) in [6.45, 7) is 4.86. The monoisotopic (exact) mass is 411 g/mol. The lowest BCUT2D eigenvalue weighted by molar-refractivity contribution is -0.127. The van der Waals surface area contributed by atoms with Gasteiger partial charge in [0.2, 0.25) is 5.91 Å². The van der Waals surface area contributed by atoms with Gasteiger partial charge in [-0.3, -0.25) is 4.79 Å². The molecule has 0 saturated carbocycles. The first kappa shape index (κ1) is 19.8. The first-order valence-electron chi connectivity index (χ1n) is 10.3. The Labute approximate surface area is 176 Å². The minimum absolute atomic E-state index is 0.118. The highest BCUT2D eigenvalue weighted by atomic mass is 35.5. The molecule has 1 amide bonds. The van der Waals surface area contributed by atoms with Crippen molar-refractivity contribution in [2.24, 2.45) is 0 Å². The van der Waals surface area contributed by atoms with Crippen LogP contribution in [0.2, 0.25) is 5.02 Å². The maximum absolute atomic E-state index is 12.5. The van der Waals surface area contributed by atoms with Gasteiger partial charge in [-0.15, -0.1) is 0 Å². The Balaban J connectivity index is 1.55. The number of hydrogen-bond donors (Lipinski definition) is 0. The van der Waals surface area contributed by atoms with E-state index in [0.29, 0.717) is 30.3 Å². The summed E-state index contributed by atoms with van der Waals surface area (Å²) in [7, 11) is 0. The van der Waals surface area contributed by atoms with E-state index in [2.05, 4.69) is 17.6 Å². The van der Waals surface area contributed by atoms with Gasteiger partial charge in [-0.05, 0) is 30.7 Å². The molecule has 4 rings (SSSR count). The first-order valence-corrected chi connectivity index (χ1v) is 10.7. The van der Waals surface area contributed by atoms with Crippen LogP contribution in [0.25, 0.3) is 11.0 Å². The zero-order valence-electron chi connectivity index (χ0n) is 16.7. The van der Waals surface area contributed by atoms with Crippen LogP contribution in [0.5, 0.6) is 5.75 Å². The van der Waals surface area contributed by atoms with Crippen molar-refractivity contribution in [3.8, 4) is 5.75 Å². The normalized spacial score (nSPS) is 16.7. The third kappa shape index (κ3) is 4.25. The van der Waals surface area contributed by atoms with E-state index in [-0.39, 0.29) is 11.8 Å². The molecule has 0 aliphatic carbocycles. The molecule has 0 N–H and O–H groups in total. The molecular formula is C23H26ClN3O2. The SMILES string of the molecule is CCCCN1CC(c2nc3ccccc3n2CCOc2ccccc2Cl)CC1=O. The van der Waals surface area contributed by atoms with E-state index in [1.807, 2.05) is 47.4 Å². The van der Waals surface area contributed by atoms with Crippen LogP contribution in [0.3, 0.4) is 0 Å². The molecule has 152 valence electrons. The van der Waals surface area contributed by atoms with Gasteiger partial charge in [0.25, 0.3) is 0 Å². The van der Waals surface area contributed by atoms with Crippen molar-refractivity contribution in [1.82, 2.24) is 14.5 Å². The van der Waals surface area contributed by atoms with E-state index in [0.717, 1.165) is 42.8 Å². The molecule has 0 radical (unpaired) electrons. The summed E-state index contributed by atoms with van der Waals surface area (Å²) in [4.78, 5) is 19.4. The average molecular weight is 412 g/mol. The van der Waals surface area contributed by atoms with Gasteiger partial charge in [-0.25, -0.2) is 4.98 Å². The second-order valence-corrected chi connectivity index (χ2v) is 7.89. The van der Waals surface area contributed by atoms with Crippen molar-refractivity contribution in [1.29, 1.82) is 0 Å². The van der Waals surface area contributed by atoms with Crippen molar-refractivity contribution < 1.29 is 9.53 Å². The number of hydrogen-bond acceptors (Lipinski definition) is 3. The van der Waals surface area contributed by atoms with Crippen LogP contribution < -0.4 is 4.74 Å². The van der Waals surface area contributed by atoms with Crippen LogP contribution in [-0.4, -0.2) is 40.1 Å². The fourth-order valence-corrected chi connectivity index (χ4v) is 4.15. The van der Waals surface area contributed by atoms with Crippen molar-refractivity contribution in [2.75, 3.05) is 19.7 Å². The van der Waals surface area contributed by atoms with Crippen molar-refractivity contribution in [2.45, 2.75) is 38.6 Å². The maximum Gasteiger partial charge on any atom is 0.223 e. The Morgan fingerprint density at radius 2 is 1.93 bits per heavy atom. The molecule has 1 aromatic heterocycles. The number of benzene rings is 2. The fraction of sp³-hybridized carbons (Fsp3) is 0.391. The lowest BCUT2D eigenvalue weighted by atomic mass is 10.1. The Morgan fingerprint density at radius 3 is 2.76 bits per heavy atom. The lowest BCUT2D eigenvalue weighted by Gasteiger charge is -2.17. The second-order valence-electron chi connectivity index (χ2n) is 7.48. The number of likely N-dealkylation sites (tertiary alicyclic amines) is 1. The van der Waals surface area contributed by atoms with E-state index in [1.165, 1.54) is 0 Å². The van der Waals surface area contributed by atoms with Crippen LogP contribution in [0.15, 0.2) is 48.5 Å². The van der Waals surface area contributed by atoms with Crippen molar-refractivity contribution >= 4 is 28.5 Å². The summed E-state index contributed by atoms with van der Waals surface area (Å²) in [5.74, 6) is 2.00.